The second-order valence-corrected chi connectivity index (χ2v) is 6.58. The lowest BCUT2D eigenvalue weighted by Crippen LogP contribution is -2.28. The Morgan fingerprint density at radius 2 is 2.11 bits per heavy atom. The van der Waals surface area contributed by atoms with Gasteiger partial charge in [0.05, 0.1) is 10.7 Å². The summed E-state index contributed by atoms with van der Waals surface area (Å²) in [6.45, 7) is 1.01. The Kier molecular flexibility index (Phi) is 4.48. The SMILES string of the molecule is CC(C(=O)O)S(=O)(=O)Cc1cc(Cl)ccc1[N+](=O)[O-]. The van der Waals surface area contributed by atoms with E-state index in [1.807, 2.05) is 0 Å². The van der Waals surface area contributed by atoms with Gasteiger partial charge in [0, 0.05) is 16.7 Å². The minimum absolute atomic E-state index is 0.134. The molecule has 0 bridgehead atoms. The maximum absolute atomic E-state index is 11.8. The van der Waals surface area contributed by atoms with Crippen molar-refractivity contribution in [3.8, 4) is 0 Å². The molecule has 0 spiro atoms. The van der Waals surface area contributed by atoms with Crippen LogP contribution in [0.5, 0.6) is 0 Å². The molecule has 1 aromatic rings. The van der Waals surface area contributed by atoms with Crippen LogP contribution >= 0.6 is 11.6 Å². The van der Waals surface area contributed by atoms with Gasteiger partial charge in [-0.05, 0) is 19.1 Å². The van der Waals surface area contributed by atoms with Gasteiger partial charge in [0.2, 0.25) is 0 Å². The predicted molar refractivity (Wildman–Crippen MR) is 67.8 cm³/mol. The van der Waals surface area contributed by atoms with Gasteiger partial charge < -0.3 is 5.11 Å². The molecule has 0 aliphatic heterocycles. The molecule has 0 amide bonds. The van der Waals surface area contributed by atoms with Crippen LogP contribution in [0.15, 0.2) is 18.2 Å². The van der Waals surface area contributed by atoms with Crippen LogP contribution in [0.25, 0.3) is 0 Å². The maximum atomic E-state index is 11.8. The minimum Gasteiger partial charge on any atom is -0.480 e. The van der Waals surface area contributed by atoms with Gasteiger partial charge in [0.15, 0.2) is 15.1 Å². The fourth-order valence-corrected chi connectivity index (χ4v) is 2.76. The largest absolute Gasteiger partial charge is 0.480 e. The van der Waals surface area contributed by atoms with Crippen LogP contribution in [-0.2, 0) is 20.4 Å². The van der Waals surface area contributed by atoms with Crippen molar-refractivity contribution in [2.24, 2.45) is 0 Å². The van der Waals surface area contributed by atoms with Crippen molar-refractivity contribution < 1.29 is 23.2 Å². The van der Waals surface area contributed by atoms with Gasteiger partial charge in [-0.25, -0.2) is 8.42 Å². The fourth-order valence-electron chi connectivity index (χ4n) is 1.34. The average molecular weight is 308 g/mol. The summed E-state index contributed by atoms with van der Waals surface area (Å²) < 4.78 is 23.6. The molecule has 0 saturated heterocycles. The normalized spacial score (nSPS) is 12.9. The zero-order valence-electron chi connectivity index (χ0n) is 9.74. The van der Waals surface area contributed by atoms with Crippen molar-refractivity contribution in [3.05, 3.63) is 38.9 Å². The van der Waals surface area contributed by atoms with Gasteiger partial charge in [0.25, 0.3) is 5.69 Å². The quantitative estimate of drug-likeness (QED) is 0.653. The van der Waals surface area contributed by atoms with Crippen LogP contribution in [0, 0.1) is 10.1 Å². The second kappa shape index (κ2) is 5.54. The lowest BCUT2D eigenvalue weighted by atomic mass is 10.2. The van der Waals surface area contributed by atoms with Gasteiger partial charge in [-0.15, -0.1) is 0 Å². The average Bonchev–Trinajstić information content (AvgIpc) is 2.26. The van der Waals surface area contributed by atoms with E-state index in [4.69, 9.17) is 16.7 Å². The molecule has 0 heterocycles. The number of hydrogen-bond donors (Lipinski definition) is 1. The Labute approximate surface area is 113 Å². The van der Waals surface area contributed by atoms with Gasteiger partial charge in [-0.1, -0.05) is 11.6 Å². The van der Waals surface area contributed by atoms with Crippen LogP contribution in [0.3, 0.4) is 0 Å². The monoisotopic (exact) mass is 307 g/mol. The van der Waals surface area contributed by atoms with E-state index >= 15 is 0 Å². The fraction of sp³-hybridized carbons (Fsp3) is 0.300. The maximum Gasteiger partial charge on any atom is 0.321 e. The lowest BCUT2D eigenvalue weighted by molar-refractivity contribution is -0.385. The molecule has 104 valence electrons. The van der Waals surface area contributed by atoms with Gasteiger partial charge in [-0.2, -0.15) is 0 Å². The molecule has 9 heteroatoms. The summed E-state index contributed by atoms with van der Waals surface area (Å²) >= 11 is 5.66. The molecule has 0 radical (unpaired) electrons. The summed E-state index contributed by atoms with van der Waals surface area (Å²) in [7, 11) is -4.05. The number of carbonyl (C=O) groups is 1. The first-order chi connectivity index (χ1) is 8.65. The van der Waals surface area contributed by atoms with E-state index in [-0.39, 0.29) is 10.6 Å². The highest BCUT2D eigenvalue weighted by atomic mass is 35.5. The standard InChI is InChI=1S/C10H10ClNO6S/c1-6(10(13)14)19(17,18)5-7-4-8(11)2-3-9(7)12(15)16/h2-4,6H,5H2,1H3,(H,13,14). The lowest BCUT2D eigenvalue weighted by Gasteiger charge is -2.09. The number of carboxylic acid groups (broad SMARTS) is 1. The Balaban J connectivity index is 3.22. The van der Waals surface area contributed by atoms with E-state index in [2.05, 4.69) is 0 Å². The molecule has 1 unspecified atom stereocenters. The van der Waals surface area contributed by atoms with E-state index in [0.29, 0.717) is 0 Å². The smallest absolute Gasteiger partial charge is 0.321 e. The number of sulfone groups is 1. The molecule has 1 rings (SSSR count). The van der Waals surface area contributed by atoms with Crippen LogP contribution in [0.1, 0.15) is 12.5 Å². The van der Waals surface area contributed by atoms with Crippen molar-refractivity contribution in [2.45, 2.75) is 17.9 Å². The minimum atomic E-state index is -4.05. The van der Waals surface area contributed by atoms with E-state index in [0.717, 1.165) is 19.1 Å². The van der Waals surface area contributed by atoms with Crippen LogP contribution in [0.4, 0.5) is 5.69 Å². The molecule has 0 aliphatic carbocycles. The Bertz CT molecular complexity index is 627. The summed E-state index contributed by atoms with van der Waals surface area (Å²) in [5, 5.41) is 18.0. The van der Waals surface area contributed by atoms with Crippen molar-refractivity contribution in [1.82, 2.24) is 0 Å². The Hall–Kier alpha value is -1.67. The highest BCUT2D eigenvalue weighted by Crippen LogP contribution is 2.25. The van der Waals surface area contributed by atoms with Crippen molar-refractivity contribution in [1.29, 1.82) is 0 Å². The summed E-state index contributed by atoms with van der Waals surface area (Å²) in [4.78, 5) is 20.7. The van der Waals surface area contributed by atoms with Gasteiger partial charge in [0.1, 0.15) is 0 Å². The first-order valence-corrected chi connectivity index (χ1v) is 7.11. The van der Waals surface area contributed by atoms with Crippen LogP contribution in [0.2, 0.25) is 5.02 Å². The number of aliphatic carboxylic acids is 1. The zero-order valence-corrected chi connectivity index (χ0v) is 11.3. The van der Waals surface area contributed by atoms with Crippen molar-refractivity contribution in [3.63, 3.8) is 0 Å². The van der Waals surface area contributed by atoms with Gasteiger partial charge >= 0.3 is 5.97 Å². The van der Waals surface area contributed by atoms with E-state index in [9.17, 15) is 23.3 Å². The van der Waals surface area contributed by atoms with Crippen molar-refractivity contribution >= 4 is 33.1 Å². The van der Waals surface area contributed by atoms with Gasteiger partial charge in [-0.3, -0.25) is 14.9 Å². The Morgan fingerprint density at radius 1 is 1.53 bits per heavy atom. The van der Waals surface area contributed by atoms with Crippen LogP contribution < -0.4 is 0 Å². The molecule has 0 aliphatic rings. The molecule has 0 fully saturated rings. The number of benzene rings is 1. The summed E-state index contributed by atoms with van der Waals surface area (Å²) in [6, 6.07) is 3.49. The summed E-state index contributed by atoms with van der Waals surface area (Å²) in [6.07, 6.45) is 0. The number of nitro groups is 1. The Morgan fingerprint density at radius 3 is 2.58 bits per heavy atom. The molecule has 0 saturated carbocycles. The number of carboxylic acids is 1. The first kappa shape index (κ1) is 15.4. The van der Waals surface area contributed by atoms with E-state index < -0.39 is 37.4 Å². The number of halogens is 1. The first-order valence-electron chi connectivity index (χ1n) is 5.02. The van der Waals surface area contributed by atoms with E-state index in [1.165, 1.54) is 6.07 Å². The third-order valence-corrected chi connectivity index (χ3v) is 4.71. The molecule has 7 nitrogen and oxygen atoms in total. The predicted octanol–water partition coefficient (Wildman–Crippen LogP) is 1.64. The third-order valence-electron chi connectivity index (χ3n) is 2.48. The molecule has 1 aromatic carbocycles. The zero-order chi connectivity index (χ0) is 14.8. The van der Waals surface area contributed by atoms with E-state index in [1.54, 1.807) is 0 Å². The second-order valence-electron chi connectivity index (χ2n) is 3.82. The molecular weight excluding hydrogens is 298 g/mol. The number of rotatable bonds is 5. The molecule has 1 N–H and O–H groups in total. The molecule has 0 aromatic heterocycles. The number of hydrogen-bond acceptors (Lipinski definition) is 5. The molecule has 19 heavy (non-hydrogen) atoms. The number of nitrogens with zero attached hydrogens (tertiary/aromatic N) is 1. The molecule has 1 atom stereocenters. The topological polar surface area (TPSA) is 115 Å². The third kappa shape index (κ3) is 3.65. The highest BCUT2D eigenvalue weighted by molar-refractivity contribution is 7.92. The summed E-state index contributed by atoms with van der Waals surface area (Å²) in [5.74, 6) is -2.26. The van der Waals surface area contributed by atoms with Crippen LogP contribution in [-0.4, -0.2) is 29.7 Å². The highest BCUT2D eigenvalue weighted by Gasteiger charge is 2.30. The van der Waals surface area contributed by atoms with Crippen molar-refractivity contribution in [2.75, 3.05) is 0 Å². The summed E-state index contributed by atoms with van der Waals surface area (Å²) in [5.41, 5.74) is -0.545. The number of nitro benzene ring substituents is 1. The molecular formula is C10H10ClNO6S.